The molecule has 0 radical (unpaired) electrons. The van der Waals surface area contributed by atoms with E-state index in [-0.39, 0.29) is 24.5 Å². The summed E-state index contributed by atoms with van der Waals surface area (Å²) in [5.41, 5.74) is 1.36. The molecule has 0 aliphatic carbocycles. The molecule has 22 heavy (non-hydrogen) atoms. The van der Waals surface area contributed by atoms with Gasteiger partial charge < -0.3 is 14.7 Å². The molecule has 2 rings (SSSR count). The molecule has 5 nitrogen and oxygen atoms in total. The molecule has 1 aliphatic heterocycles. The lowest BCUT2D eigenvalue weighted by Gasteiger charge is -2.21. The maximum absolute atomic E-state index is 12.6. The van der Waals surface area contributed by atoms with Crippen LogP contribution in [0, 0.1) is 0 Å². The van der Waals surface area contributed by atoms with Crippen molar-refractivity contribution >= 4 is 23.5 Å². The number of rotatable bonds is 4. The van der Waals surface area contributed by atoms with Gasteiger partial charge in [-0.25, -0.2) is 4.79 Å². The van der Waals surface area contributed by atoms with Crippen LogP contribution >= 0.6 is 11.6 Å². The Morgan fingerprint density at radius 3 is 2.59 bits per heavy atom. The number of carboxylic acid groups (broad SMARTS) is 1. The Balaban J connectivity index is 2.27. The van der Waals surface area contributed by atoms with Crippen LogP contribution in [0.25, 0.3) is 0 Å². The van der Waals surface area contributed by atoms with E-state index < -0.39 is 12.0 Å². The molecular weight excluding hydrogens is 306 g/mol. The van der Waals surface area contributed by atoms with Gasteiger partial charge in [0.1, 0.15) is 6.04 Å². The van der Waals surface area contributed by atoms with Gasteiger partial charge in [0, 0.05) is 30.7 Å². The predicted molar refractivity (Wildman–Crippen MR) is 83.4 cm³/mol. The smallest absolute Gasteiger partial charge is 0.326 e. The molecule has 1 N–H and O–H groups in total. The first-order chi connectivity index (χ1) is 10.3. The standard InChI is InChI=1S/C16H20ClNO4/c1-9(2)12-5-4-10(6-13(12)17)15(19)18-8-11(22-3)7-14(18)16(20)21/h4-6,9,11,14H,7-8H2,1-3H3,(H,20,21). The Kier molecular flexibility index (Phi) is 5.08. The summed E-state index contributed by atoms with van der Waals surface area (Å²) in [5, 5.41) is 9.81. The van der Waals surface area contributed by atoms with Crippen LogP contribution in [-0.4, -0.2) is 47.7 Å². The molecule has 2 atom stereocenters. The Labute approximate surface area is 134 Å². The average molecular weight is 326 g/mol. The second-order valence-electron chi connectivity index (χ2n) is 5.80. The molecule has 6 heteroatoms. The second-order valence-corrected chi connectivity index (χ2v) is 6.20. The molecule has 1 amide bonds. The van der Waals surface area contributed by atoms with Gasteiger partial charge in [-0.1, -0.05) is 31.5 Å². The molecule has 2 unspecified atom stereocenters. The lowest BCUT2D eigenvalue weighted by atomic mass is 10.0. The van der Waals surface area contributed by atoms with Gasteiger partial charge in [0.2, 0.25) is 0 Å². The number of carboxylic acids is 1. The minimum absolute atomic E-state index is 0.254. The maximum atomic E-state index is 12.6. The minimum Gasteiger partial charge on any atom is -0.480 e. The number of methoxy groups -OCH3 is 1. The quantitative estimate of drug-likeness (QED) is 0.924. The molecule has 120 valence electrons. The molecule has 0 saturated carbocycles. The van der Waals surface area contributed by atoms with E-state index in [1.807, 2.05) is 19.9 Å². The van der Waals surface area contributed by atoms with Gasteiger partial charge in [0.05, 0.1) is 6.10 Å². The first-order valence-electron chi connectivity index (χ1n) is 7.21. The average Bonchev–Trinajstić information content (AvgIpc) is 2.90. The van der Waals surface area contributed by atoms with Crippen LogP contribution in [-0.2, 0) is 9.53 Å². The van der Waals surface area contributed by atoms with E-state index in [4.69, 9.17) is 16.3 Å². The van der Waals surface area contributed by atoms with Gasteiger partial charge in [0.15, 0.2) is 0 Å². The number of carbonyl (C=O) groups excluding carboxylic acids is 1. The first kappa shape index (κ1) is 16.8. The highest BCUT2D eigenvalue weighted by molar-refractivity contribution is 6.31. The van der Waals surface area contributed by atoms with E-state index in [1.165, 1.54) is 12.0 Å². The Morgan fingerprint density at radius 1 is 1.41 bits per heavy atom. The predicted octanol–water partition coefficient (Wildman–Crippen LogP) is 2.78. The fourth-order valence-corrected chi connectivity index (χ4v) is 3.12. The zero-order chi connectivity index (χ0) is 16.4. The van der Waals surface area contributed by atoms with E-state index in [1.54, 1.807) is 12.1 Å². The highest BCUT2D eigenvalue weighted by Crippen LogP contribution is 2.28. The summed E-state index contributed by atoms with van der Waals surface area (Å²) in [5.74, 6) is -1.09. The van der Waals surface area contributed by atoms with E-state index in [0.717, 1.165) is 5.56 Å². The molecule has 1 fully saturated rings. The van der Waals surface area contributed by atoms with Crippen molar-refractivity contribution in [3.05, 3.63) is 34.3 Å². The Hall–Kier alpha value is -1.59. The monoisotopic (exact) mass is 325 g/mol. The van der Waals surface area contributed by atoms with Gasteiger partial charge in [-0.2, -0.15) is 0 Å². The summed E-state index contributed by atoms with van der Waals surface area (Å²) >= 11 is 6.22. The second kappa shape index (κ2) is 6.67. The van der Waals surface area contributed by atoms with E-state index in [2.05, 4.69) is 0 Å². The molecule has 1 saturated heterocycles. The number of ether oxygens (including phenoxy) is 1. The van der Waals surface area contributed by atoms with Crippen LogP contribution in [0.1, 0.15) is 42.1 Å². The number of likely N-dealkylation sites (tertiary alicyclic amines) is 1. The number of halogens is 1. The third-order valence-corrected chi connectivity index (χ3v) is 4.34. The number of nitrogens with zero attached hydrogens (tertiary/aromatic N) is 1. The van der Waals surface area contributed by atoms with Gasteiger partial charge in [-0.15, -0.1) is 0 Å². The van der Waals surface area contributed by atoms with Crippen molar-refractivity contribution in [3.63, 3.8) is 0 Å². The molecule has 0 spiro atoms. The molecule has 1 aromatic rings. The molecular formula is C16H20ClNO4. The summed E-state index contributed by atoms with van der Waals surface area (Å²) < 4.78 is 5.20. The van der Waals surface area contributed by atoms with Crippen molar-refractivity contribution in [2.24, 2.45) is 0 Å². The molecule has 1 aliphatic rings. The van der Waals surface area contributed by atoms with E-state index in [0.29, 0.717) is 17.0 Å². The van der Waals surface area contributed by atoms with Gasteiger partial charge in [-0.05, 0) is 23.6 Å². The van der Waals surface area contributed by atoms with E-state index >= 15 is 0 Å². The van der Waals surface area contributed by atoms with Gasteiger partial charge in [-0.3, -0.25) is 4.79 Å². The zero-order valence-corrected chi connectivity index (χ0v) is 13.6. The van der Waals surface area contributed by atoms with Crippen LogP contribution in [0.4, 0.5) is 0 Å². The zero-order valence-electron chi connectivity index (χ0n) is 12.9. The number of hydrogen-bond donors (Lipinski definition) is 1. The number of hydrogen-bond acceptors (Lipinski definition) is 3. The third-order valence-electron chi connectivity index (χ3n) is 4.01. The summed E-state index contributed by atoms with van der Waals surface area (Å²) in [4.78, 5) is 25.3. The molecule has 1 heterocycles. The first-order valence-corrected chi connectivity index (χ1v) is 7.59. The van der Waals surface area contributed by atoms with Crippen LogP contribution in [0.2, 0.25) is 5.02 Å². The van der Waals surface area contributed by atoms with Crippen molar-refractivity contribution < 1.29 is 19.4 Å². The third kappa shape index (κ3) is 3.25. The maximum Gasteiger partial charge on any atom is 0.326 e. The minimum atomic E-state index is -1.02. The highest BCUT2D eigenvalue weighted by Gasteiger charge is 2.40. The SMILES string of the molecule is COC1CC(C(=O)O)N(C(=O)c2ccc(C(C)C)c(Cl)c2)C1. The highest BCUT2D eigenvalue weighted by atomic mass is 35.5. The van der Waals surface area contributed by atoms with Crippen molar-refractivity contribution in [2.45, 2.75) is 38.3 Å². The number of amides is 1. The fraction of sp³-hybridized carbons (Fsp3) is 0.500. The van der Waals surface area contributed by atoms with Gasteiger partial charge >= 0.3 is 5.97 Å². The molecule has 0 aromatic heterocycles. The largest absolute Gasteiger partial charge is 0.480 e. The number of carbonyl (C=O) groups is 2. The summed E-state index contributed by atoms with van der Waals surface area (Å²) in [6, 6.07) is 4.27. The van der Waals surface area contributed by atoms with Crippen molar-refractivity contribution in [3.8, 4) is 0 Å². The lowest BCUT2D eigenvalue weighted by molar-refractivity contribution is -0.141. The Morgan fingerprint density at radius 2 is 2.09 bits per heavy atom. The van der Waals surface area contributed by atoms with Crippen molar-refractivity contribution in [1.29, 1.82) is 0 Å². The molecule has 1 aromatic carbocycles. The summed E-state index contributed by atoms with van der Waals surface area (Å²) in [6.45, 7) is 4.31. The Bertz CT molecular complexity index is 588. The van der Waals surface area contributed by atoms with Gasteiger partial charge in [0.25, 0.3) is 5.91 Å². The lowest BCUT2D eigenvalue weighted by Crippen LogP contribution is -2.40. The van der Waals surface area contributed by atoms with Crippen molar-refractivity contribution in [1.82, 2.24) is 4.90 Å². The fourth-order valence-electron chi connectivity index (χ4n) is 2.72. The van der Waals surface area contributed by atoms with Crippen LogP contribution < -0.4 is 0 Å². The summed E-state index contributed by atoms with van der Waals surface area (Å²) in [7, 11) is 1.52. The van der Waals surface area contributed by atoms with Crippen LogP contribution in [0.3, 0.4) is 0 Å². The number of benzene rings is 1. The topological polar surface area (TPSA) is 66.8 Å². The number of aliphatic carboxylic acids is 1. The summed E-state index contributed by atoms with van der Waals surface area (Å²) in [6.07, 6.45) is 0.0468. The molecule has 0 bridgehead atoms. The normalized spacial score (nSPS) is 21.4. The van der Waals surface area contributed by atoms with Crippen molar-refractivity contribution in [2.75, 3.05) is 13.7 Å². The van der Waals surface area contributed by atoms with Crippen LogP contribution in [0.15, 0.2) is 18.2 Å². The van der Waals surface area contributed by atoms with Crippen LogP contribution in [0.5, 0.6) is 0 Å². The van der Waals surface area contributed by atoms with E-state index in [9.17, 15) is 14.7 Å².